The summed E-state index contributed by atoms with van der Waals surface area (Å²) in [6.45, 7) is 5.70. The van der Waals surface area contributed by atoms with Crippen molar-refractivity contribution in [3.8, 4) is 0 Å². The van der Waals surface area contributed by atoms with Crippen molar-refractivity contribution in [3.63, 3.8) is 0 Å². The molecule has 1 aromatic heterocycles. The molecule has 0 amide bonds. The maximum atomic E-state index is 10.7. The van der Waals surface area contributed by atoms with Crippen LogP contribution in [0, 0.1) is 5.92 Å². The fraction of sp³-hybridized carbons (Fsp3) is 0.500. The average molecular weight is 222 g/mol. The van der Waals surface area contributed by atoms with Crippen LogP contribution in [-0.2, 0) is 11.3 Å². The van der Waals surface area contributed by atoms with Gasteiger partial charge in [-0.15, -0.1) is 0 Å². The number of aliphatic carboxylic acids is 1. The Morgan fingerprint density at radius 3 is 2.56 bits per heavy atom. The fourth-order valence-corrected chi connectivity index (χ4v) is 1.64. The van der Waals surface area contributed by atoms with Crippen molar-refractivity contribution in [2.24, 2.45) is 5.92 Å². The van der Waals surface area contributed by atoms with E-state index < -0.39 is 5.97 Å². The van der Waals surface area contributed by atoms with E-state index in [1.54, 1.807) is 12.4 Å². The van der Waals surface area contributed by atoms with E-state index in [1.807, 2.05) is 17.0 Å². The third-order valence-electron chi connectivity index (χ3n) is 2.14. The summed E-state index contributed by atoms with van der Waals surface area (Å²) in [4.78, 5) is 16.6. The van der Waals surface area contributed by atoms with Gasteiger partial charge in [-0.2, -0.15) is 0 Å². The van der Waals surface area contributed by atoms with E-state index in [0.717, 1.165) is 12.1 Å². The minimum Gasteiger partial charge on any atom is -0.480 e. The summed E-state index contributed by atoms with van der Waals surface area (Å²) < 4.78 is 0. The lowest BCUT2D eigenvalue weighted by atomic mass is 10.2. The highest BCUT2D eigenvalue weighted by molar-refractivity contribution is 5.69. The van der Waals surface area contributed by atoms with Crippen LogP contribution < -0.4 is 0 Å². The molecule has 0 atom stereocenters. The Morgan fingerprint density at radius 1 is 1.44 bits per heavy atom. The number of carboxylic acids is 1. The summed E-state index contributed by atoms with van der Waals surface area (Å²) in [5.41, 5.74) is 1.09. The quantitative estimate of drug-likeness (QED) is 0.794. The Labute approximate surface area is 95.9 Å². The summed E-state index contributed by atoms with van der Waals surface area (Å²) >= 11 is 0. The number of hydrogen-bond acceptors (Lipinski definition) is 3. The third-order valence-corrected chi connectivity index (χ3v) is 2.14. The molecule has 1 rings (SSSR count). The third kappa shape index (κ3) is 4.89. The summed E-state index contributed by atoms with van der Waals surface area (Å²) in [5.74, 6) is -0.323. The first kappa shape index (κ1) is 12.6. The number of pyridine rings is 1. The first-order valence-electron chi connectivity index (χ1n) is 5.41. The van der Waals surface area contributed by atoms with E-state index in [4.69, 9.17) is 5.11 Å². The molecule has 1 N–H and O–H groups in total. The predicted molar refractivity (Wildman–Crippen MR) is 62.0 cm³/mol. The molecule has 0 fully saturated rings. The molecule has 0 unspecified atom stereocenters. The molecule has 0 aliphatic rings. The highest BCUT2D eigenvalue weighted by Crippen LogP contribution is 2.06. The summed E-state index contributed by atoms with van der Waals surface area (Å²) in [6, 6.07) is 3.82. The number of carboxylic acid groups (broad SMARTS) is 1. The molecule has 88 valence electrons. The molecule has 1 heterocycles. The minimum atomic E-state index is -0.783. The summed E-state index contributed by atoms with van der Waals surface area (Å²) in [5, 5.41) is 8.82. The SMILES string of the molecule is CC(C)CN(CC(=O)O)Cc1ccncc1. The van der Waals surface area contributed by atoms with Gasteiger partial charge in [-0.3, -0.25) is 14.7 Å². The highest BCUT2D eigenvalue weighted by Gasteiger charge is 2.11. The molecule has 0 saturated heterocycles. The molecule has 0 saturated carbocycles. The summed E-state index contributed by atoms with van der Waals surface area (Å²) in [6.07, 6.45) is 3.45. The summed E-state index contributed by atoms with van der Waals surface area (Å²) in [7, 11) is 0. The smallest absolute Gasteiger partial charge is 0.317 e. The molecular weight excluding hydrogens is 204 g/mol. The van der Waals surface area contributed by atoms with Gasteiger partial charge in [0.1, 0.15) is 0 Å². The second-order valence-electron chi connectivity index (χ2n) is 4.31. The highest BCUT2D eigenvalue weighted by atomic mass is 16.4. The van der Waals surface area contributed by atoms with Gasteiger partial charge < -0.3 is 5.11 Å². The van der Waals surface area contributed by atoms with Crippen LogP contribution in [0.4, 0.5) is 0 Å². The molecule has 0 aliphatic heterocycles. The van der Waals surface area contributed by atoms with Gasteiger partial charge >= 0.3 is 5.97 Å². The fourth-order valence-electron chi connectivity index (χ4n) is 1.64. The minimum absolute atomic E-state index is 0.0838. The van der Waals surface area contributed by atoms with Crippen LogP contribution in [0.1, 0.15) is 19.4 Å². The van der Waals surface area contributed by atoms with Gasteiger partial charge in [0, 0.05) is 25.5 Å². The predicted octanol–water partition coefficient (Wildman–Crippen LogP) is 1.62. The van der Waals surface area contributed by atoms with E-state index in [0.29, 0.717) is 12.5 Å². The molecule has 0 aromatic carbocycles. The zero-order chi connectivity index (χ0) is 12.0. The van der Waals surface area contributed by atoms with E-state index in [-0.39, 0.29) is 6.54 Å². The lowest BCUT2D eigenvalue weighted by molar-refractivity contribution is -0.138. The molecule has 0 aliphatic carbocycles. The average Bonchev–Trinajstić information content (AvgIpc) is 2.16. The van der Waals surface area contributed by atoms with Crippen molar-refractivity contribution in [2.45, 2.75) is 20.4 Å². The normalized spacial score (nSPS) is 11.0. The molecule has 4 nitrogen and oxygen atoms in total. The Bertz CT molecular complexity index is 325. The number of nitrogens with zero attached hydrogens (tertiary/aromatic N) is 2. The second-order valence-corrected chi connectivity index (χ2v) is 4.31. The van der Waals surface area contributed by atoms with Crippen LogP contribution in [0.3, 0.4) is 0 Å². The van der Waals surface area contributed by atoms with Crippen molar-refractivity contribution in [2.75, 3.05) is 13.1 Å². The Hall–Kier alpha value is -1.42. The lowest BCUT2D eigenvalue weighted by Crippen LogP contribution is -2.32. The molecule has 16 heavy (non-hydrogen) atoms. The number of hydrogen-bond donors (Lipinski definition) is 1. The van der Waals surface area contributed by atoms with Crippen LogP contribution in [0.15, 0.2) is 24.5 Å². The Balaban J connectivity index is 2.59. The number of rotatable bonds is 6. The maximum absolute atomic E-state index is 10.7. The van der Waals surface area contributed by atoms with Gasteiger partial charge in [0.15, 0.2) is 0 Å². The van der Waals surface area contributed by atoms with Crippen LogP contribution in [0.2, 0.25) is 0 Å². The van der Waals surface area contributed by atoms with Gasteiger partial charge in [-0.1, -0.05) is 13.8 Å². The van der Waals surface area contributed by atoms with Crippen LogP contribution in [0.25, 0.3) is 0 Å². The van der Waals surface area contributed by atoms with E-state index >= 15 is 0 Å². The van der Waals surface area contributed by atoms with Gasteiger partial charge in [0.05, 0.1) is 6.54 Å². The maximum Gasteiger partial charge on any atom is 0.317 e. The molecule has 4 heteroatoms. The van der Waals surface area contributed by atoms with Crippen molar-refractivity contribution < 1.29 is 9.90 Å². The van der Waals surface area contributed by atoms with E-state index in [1.165, 1.54) is 0 Å². The standard InChI is InChI=1S/C12H18N2O2/c1-10(2)7-14(9-12(15)16)8-11-3-5-13-6-4-11/h3-6,10H,7-9H2,1-2H3,(H,15,16). The van der Waals surface area contributed by atoms with Crippen LogP contribution in [-0.4, -0.2) is 34.0 Å². The molecule has 1 aromatic rings. The molecule has 0 bridgehead atoms. The van der Waals surface area contributed by atoms with Gasteiger partial charge in [0.2, 0.25) is 0 Å². The second kappa shape index (κ2) is 6.23. The van der Waals surface area contributed by atoms with Crippen molar-refractivity contribution in [3.05, 3.63) is 30.1 Å². The zero-order valence-electron chi connectivity index (χ0n) is 9.76. The van der Waals surface area contributed by atoms with E-state index in [2.05, 4.69) is 18.8 Å². The van der Waals surface area contributed by atoms with Gasteiger partial charge in [0.25, 0.3) is 0 Å². The molecule has 0 radical (unpaired) electrons. The first-order valence-corrected chi connectivity index (χ1v) is 5.41. The first-order chi connectivity index (χ1) is 7.58. The van der Waals surface area contributed by atoms with Crippen molar-refractivity contribution >= 4 is 5.97 Å². The Kier molecular flexibility index (Phi) is 4.92. The van der Waals surface area contributed by atoms with Crippen molar-refractivity contribution in [1.82, 2.24) is 9.88 Å². The van der Waals surface area contributed by atoms with Crippen LogP contribution >= 0.6 is 0 Å². The number of carbonyl (C=O) groups is 1. The van der Waals surface area contributed by atoms with Gasteiger partial charge in [-0.05, 0) is 23.6 Å². The monoisotopic (exact) mass is 222 g/mol. The number of aromatic nitrogens is 1. The van der Waals surface area contributed by atoms with Crippen LogP contribution in [0.5, 0.6) is 0 Å². The zero-order valence-corrected chi connectivity index (χ0v) is 9.76. The topological polar surface area (TPSA) is 53.4 Å². The van der Waals surface area contributed by atoms with Crippen molar-refractivity contribution in [1.29, 1.82) is 0 Å². The Morgan fingerprint density at radius 2 is 2.06 bits per heavy atom. The van der Waals surface area contributed by atoms with E-state index in [9.17, 15) is 4.79 Å². The largest absolute Gasteiger partial charge is 0.480 e. The van der Waals surface area contributed by atoms with Gasteiger partial charge in [-0.25, -0.2) is 0 Å². The molecular formula is C12H18N2O2. The lowest BCUT2D eigenvalue weighted by Gasteiger charge is -2.22. The molecule has 0 spiro atoms.